The molecule has 1 saturated carbocycles. The molecule has 2 fully saturated rings. The van der Waals surface area contributed by atoms with E-state index in [1.807, 2.05) is 6.07 Å². The Morgan fingerprint density at radius 2 is 1.96 bits per heavy atom. The third kappa shape index (κ3) is 2.15. The van der Waals surface area contributed by atoms with Gasteiger partial charge in [0.05, 0.1) is 5.69 Å². The van der Waals surface area contributed by atoms with Crippen molar-refractivity contribution in [2.75, 3.05) is 24.5 Å². The highest BCUT2D eigenvalue weighted by molar-refractivity contribution is 5.96. The average Bonchev–Trinajstić information content (AvgIpc) is 3.28. The molecule has 7 heteroatoms. The van der Waals surface area contributed by atoms with E-state index in [2.05, 4.69) is 10.2 Å². The van der Waals surface area contributed by atoms with Gasteiger partial charge in [-0.25, -0.2) is 9.18 Å². The summed E-state index contributed by atoms with van der Waals surface area (Å²) in [5, 5.41) is 5.38. The number of halogens is 1. The number of anilines is 1. The number of fused-ring (bicyclic) bond motifs is 2. The Kier molecular flexibility index (Phi) is 3.29. The summed E-state index contributed by atoms with van der Waals surface area (Å²) in [7, 11) is 0. The van der Waals surface area contributed by atoms with Gasteiger partial charge < -0.3 is 10.00 Å². The van der Waals surface area contributed by atoms with E-state index in [0.717, 1.165) is 36.9 Å². The minimum atomic E-state index is -0.313. The number of H-pyrrole nitrogens is 2. The van der Waals surface area contributed by atoms with Crippen LogP contribution in [-0.2, 0) is 5.41 Å². The molecule has 2 aliphatic heterocycles. The van der Waals surface area contributed by atoms with Crippen LogP contribution < -0.4 is 10.5 Å². The first kappa shape index (κ1) is 15.7. The summed E-state index contributed by atoms with van der Waals surface area (Å²) in [6, 6.07) is 6.58. The lowest BCUT2D eigenvalue weighted by atomic mass is 9.81. The van der Waals surface area contributed by atoms with Gasteiger partial charge in [0.15, 0.2) is 0 Å². The summed E-state index contributed by atoms with van der Waals surface area (Å²) in [5.74, 6) is -0.187. The van der Waals surface area contributed by atoms with Gasteiger partial charge in [-0.3, -0.25) is 14.8 Å². The zero-order valence-electron chi connectivity index (χ0n) is 14.4. The van der Waals surface area contributed by atoms with E-state index in [0.29, 0.717) is 25.3 Å². The van der Waals surface area contributed by atoms with Crippen molar-refractivity contribution in [2.45, 2.75) is 37.0 Å². The minimum absolute atomic E-state index is 0.0801. The number of aromatic nitrogens is 2. The Hall–Kier alpha value is -2.57. The van der Waals surface area contributed by atoms with Crippen molar-refractivity contribution in [3.8, 4) is 0 Å². The highest BCUT2D eigenvalue weighted by Gasteiger charge is 2.49. The summed E-state index contributed by atoms with van der Waals surface area (Å²) >= 11 is 0. The molecular weight excluding hydrogens is 335 g/mol. The van der Waals surface area contributed by atoms with Crippen LogP contribution in [0.1, 0.15) is 42.9 Å². The topological polar surface area (TPSA) is 72.2 Å². The smallest absolute Gasteiger partial charge is 0.323 e. The zero-order chi connectivity index (χ0) is 17.9. The number of carbonyl (C=O) groups is 1. The zero-order valence-corrected chi connectivity index (χ0v) is 14.4. The van der Waals surface area contributed by atoms with Gasteiger partial charge in [0.1, 0.15) is 5.82 Å². The van der Waals surface area contributed by atoms with E-state index >= 15 is 0 Å². The predicted molar refractivity (Wildman–Crippen MR) is 95.0 cm³/mol. The number of carbonyl (C=O) groups excluding carboxylic acids is 1. The molecule has 136 valence electrons. The minimum Gasteiger partial charge on any atom is -0.323 e. The van der Waals surface area contributed by atoms with Crippen LogP contribution in [0.2, 0.25) is 0 Å². The number of likely N-dealkylation sites (tertiary alicyclic amines) is 1. The molecule has 0 unspecified atom stereocenters. The maximum Gasteiger partial charge on any atom is 0.324 e. The second-order valence-electron chi connectivity index (χ2n) is 7.81. The number of benzene rings is 1. The van der Waals surface area contributed by atoms with Crippen molar-refractivity contribution in [1.29, 1.82) is 0 Å². The molecule has 1 aromatic heterocycles. The standard InChI is InChI=1S/C19H21FN4O2/c20-14-5-3-4-13-17(14)24(11-19(13)6-1-2-7-19)18(26)23-9-12(10-23)15-8-16(25)22-21-15/h3-5,8,12H,1-2,6-7,9-11H2,(H2,21,22,25). The molecule has 1 aromatic carbocycles. The Balaban J connectivity index is 1.39. The van der Waals surface area contributed by atoms with Gasteiger partial charge in [-0.05, 0) is 24.5 Å². The molecule has 0 bridgehead atoms. The van der Waals surface area contributed by atoms with E-state index in [4.69, 9.17) is 0 Å². The van der Waals surface area contributed by atoms with Crippen molar-refractivity contribution in [3.05, 3.63) is 51.7 Å². The van der Waals surface area contributed by atoms with Crippen LogP contribution in [0.15, 0.2) is 29.1 Å². The fraction of sp³-hybridized carbons (Fsp3) is 0.474. The molecule has 3 aliphatic rings. The summed E-state index contributed by atoms with van der Waals surface area (Å²) < 4.78 is 14.6. The lowest BCUT2D eigenvalue weighted by Gasteiger charge is -2.41. The molecule has 6 nitrogen and oxygen atoms in total. The summed E-state index contributed by atoms with van der Waals surface area (Å²) in [5.41, 5.74) is 2.04. The molecule has 2 amide bonds. The van der Waals surface area contributed by atoms with Crippen molar-refractivity contribution in [1.82, 2.24) is 15.1 Å². The average molecular weight is 356 g/mol. The molecule has 2 aromatic rings. The Bertz CT molecular complexity index is 922. The van der Waals surface area contributed by atoms with Gasteiger partial charge in [-0.15, -0.1) is 0 Å². The summed E-state index contributed by atoms with van der Waals surface area (Å²) in [6.07, 6.45) is 4.29. The van der Waals surface area contributed by atoms with Crippen LogP contribution in [0.25, 0.3) is 0 Å². The van der Waals surface area contributed by atoms with Crippen LogP contribution in [0.3, 0.4) is 0 Å². The van der Waals surface area contributed by atoms with Crippen molar-refractivity contribution >= 4 is 11.7 Å². The van der Waals surface area contributed by atoms with Gasteiger partial charge in [0.2, 0.25) is 0 Å². The predicted octanol–water partition coefficient (Wildman–Crippen LogP) is 2.69. The number of urea groups is 1. The number of nitrogens with one attached hydrogen (secondary N) is 2. The lowest BCUT2D eigenvalue weighted by molar-refractivity contribution is 0.155. The molecular formula is C19H21FN4O2. The number of para-hydroxylation sites is 1. The van der Waals surface area contributed by atoms with E-state index < -0.39 is 0 Å². The molecule has 26 heavy (non-hydrogen) atoms. The fourth-order valence-corrected chi connectivity index (χ4v) is 4.90. The third-order valence-corrected chi connectivity index (χ3v) is 6.29. The van der Waals surface area contributed by atoms with Gasteiger partial charge in [0, 0.05) is 42.7 Å². The van der Waals surface area contributed by atoms with Gasteiger partial charge in [-0.2, -0.15) is 0 Å². The normalized spacial score (nSPS) is 21.3. The maximum absolute atomic E-state index is 14.6. The number of hydrogen-bond acceptors (Lipinski definition) is 2. The Morgan fingerprint density at radius 1 is 1.19 bits per heavy atom. The first-order valence-corrected chi connectivity index (χ1v) is 9.20. The van der Waals surface area contributed by atoms with Gasteiger partial charge in [0.25, 0.3) is 5.56 Å². The van der Waals surface area contributed by atoms with Crippen LogP contribution in [0.4, 0.5) is 14.9 Å². The molecule has 2 N–H and O–H groups in total. The van der Waals surface area contributed by atoms with E-state index in [1.54, 1.807) is 15.9 Å². The van der Waals surface area contributed by atoms with Crippen LogP contribution >= 0.6 is 0 Å². The van der Waals surface area contributed by atoms with Gasteiger partial charge in [-0.1, -0.05) is 25.0 Å². The van der Waals surface area contributed by atoms with Crippen LogP contribution in [-0.4, -0.2) is 40.8 Å². The third-order valence-electron chi connectivity index (χ3n) is 6.29. The van der Waals surface area contributed by atoms with Crippen molar-refractivity contribution < 1.29 is 9.18 Å². The number of rotatable bonds is 1. The first-order valence-electron chi connectivity index (χ1n) is 9.20. The van der Waals surface area contributed by atoms with Gasteiger partial charge >= 0.3 is 6.03 Å². The summed E-state index contributed by atoms with van der Waals surface area (Å²) in [6.45, 7) is 1.66. The largest absolute Gasteiger partial charge is 0.324 e. The van der Waals surface area contributed by atoms with E-state index in [9.17, 15) is 14.0 Å². The Morgan fingerprint density at radius 3 is 2.65 bits per heavy atom. The maximum atomic E-state index is 14.6. The Labute approximate surface area is 150 Å². The highest BCUT2D eigenvalue weighted by atomic mass is 19.1. The van der Waals surface area contributed by atoms with E-state index in [-0.39, 0.29) is 28.7 Å². The molecule has 1 aliphatic carbocycles. The molecule has 3 heterocycles. The van der Waals surface area contributed by atoms with Crippen LogP contribution in [0, 0.1) is 5.82 Å². The molecule has 1 spiro atoms. The second kappa shape index (κ2) is 5.46. The highest BCUT2D eigenvalue weighted by Crippen LogP contribution is 2.51. The number of nitrogens with zero attached hydrogens (tertiary/aromatic N) is 2. The van der Waals surface area contributed by atoms with Crippen LogP contribution in [0.5, 0.6) is 0 Å². The van der Waals surface area contributed by atoms with Crippen molar-refractivity contribution in [2.24, 2.45) is 0 Å². The van der Waals surface area contributed by atoms with E-state index in [1.165, 1.54) is 12.1 Å². The number of amides is 2. The monoisotopic (exact) mass is 356 g/mol. The second-order valence-corrected chi connectivity index (χ2v) is 7.81. The summed E-state index contributed by atoms with van der Waals surface area (Å²) in [4.78, 5) is 27.7. The SMILES string of the molecule is O=C(N1CC(c2cc(=O)[nH][nH]2)C1)N1CC2(CCCC2)c2cccc(F)c21. The van der Waals surface area contributed by atoms with Crippen molar-refractivity contribution in [3.63, 3.8) is 0 Å². The molecule has 0 atom stereocenters. The number of aromatic amines is 2. The molecule has 0 radical (unpaired) electrons. The molecule has 5 rings (SSSR count). The first-order chi connectivity index (χ1) is 12.6. The lowest BCUT2D eigenvalue weighted by Crippen LogP contribution is -2.54. The quantitative estimate of drug-likeness (QED) is 0.825. The number of hydrogen-bond donors (Lipinski definition) is 2. The molecule has 1 saturated heterocycles. The fourth-order valence-electron chi connectivity index (χ4n) is 4.90.